The van der Waals surface area contributed by atoms with Crippen molar-refractivity contribution in [3.05, 3.63) is 0 Å². The van der Waals surface area contributed by atoms with Gasteiger partial charge in [0.2, 0.25) is 0 Å². The van der Waals surface area contributed by atoms with E-state index >= 15 is 0 Å². The smallest absolute Gasteiger partial charge is 0.177 e. The molecule has 0 rings (SSSR count). The van der Waals surface area contributed by atoms with Crippen LogP contribution in [0.3, 0.4) is 0 Å². The lowest BCUT2D eigenvalue weighted by atomic mass is 9.92. The number of hydrogen-bond acceptors (Lipinski definition) is 9. The molecule has 0 aliphatic carbocycles. The Hall–Kier alpha value is -0.270. The first-order valence-corrected chi connectivity index (χ1v) is 12.3. The molecular formula is C12H26O9S3. The van der Waals surface area contributed by atoms with Crippen LogP contribution in [0.1, 0.15) is 34.1 Å². The predicted molar refractivity (Wildman–Crippen MR) is 89.1 cm³/mol. The highest BCUT2D eigenvalue weighted by Gasteiger charge is 2.44. The molecule has 0 aromatic carbocycles. The number of sulfone groups is 3. The fourth-order valence-electron chi connectivity index (χ4n) is 2.07. The summed E-state index contributed by atoms with van der Waals surface area (Å²) in [5, 5.41) is 28.1. The van der Waals surface area contributed by atoms with E-state index in [0.29, 0.717) is 0 Å². The third-order valence-electron chi connectivity index (χ3n) is 3.83. The predicted octanol–water partition coefficient (Wildman–Crippen LogP) is -1.36. The van der Waals surface area contributed by atoms with Crippen LogP contribution in [0.5, 0.6) is 0 Å². The SMILES string of the molecule is CCC(CS(=O)(=O)C(C)O)(CS(=O)(=O)C(C)O)CS(=O)(=O)C(C)O. The third-order valence-corrected chi connectivity index (χ3v) is 9.99. The lowest BCUT2D eigenvalue weighted by Gasteiger charge is -2.33. The van der Waals surface area contributed by atoms with E-state index in [1.807, 2.05) is 0 Å². The highest BCUT2D eigenvalue weighted by Crippen LogP contribution is 2.31. The Balaban J connectivity index is 6.15. The molecule has 9 nitrogen and oxygen atoms in total. The Morgan fingerprint density at radius 1 is 0.667 bits per heavy atom. The highest BCUT2D eigenvalue weighted by molar-refractivity contribution is 7.93. The summed E-state index contributed by atoms with van der Waals surface area (Å²) in [4.78, 5) is 0. The van der Waals surface area contributed by atoms with Crippen molar-refractivity contribution in [2.45, 2.75) is 50.4 Å². The first kappa shape index (κ1) is 23.7. The molecular weight excluding hydrogens is 384 g/mol. The van der Waals surface area contributed by atoms with Crippen molar-refractivity contribution < 1.29 is 40.6 Å². The molecule has 0 saturated heterocycles. The average Bonchev–Trinajstić information content (AvgIpc) is 2.36. The molecule has 0 amide bonds. The maximum absolute atomic E-state index is 12.1. The zero-order valence-electron chi connectivity index (χ0n) is 14.1. The lowest BCUT2D eigenvalue weighted by Crippen LogP contribution is -2.46. The van der Waals surface area contributed by atoms with E-state index in [4.69, 9.17) is 0 Å². The van der Waals surface area contributed by atoms with Gasteiger partial charge >= 0.3 is 0 Å². The van der Waals surface area contributed by atoms with E-state index in [9.17, 15) is 40.6 Å². The van der Waals surface area contributed by atoms with Gasteiger partial charge in [0, 0.05) is 5.41 Å². The van der Waals surface area contributed by atoms with Gasteiger partial charge in [-0.1, -0.05) is 6.92 Å². The second-order valence-corrected chi connectivity index (χ2v) is 13.0. The Kier molecular flexibility index (Phi) is 7.87. The summed E-state index contributed by atoms with van der Waals surface area (Å²) >= 11 is 0. The molecule has 3 atom stereocenters. The van der Waals surface area contributed by atoms with E-state index < -0.39 is 68.5 Å². The van der Waals surface area contributed by atoms with E-state index in [0.717, 1.165) is 20.8 Å². The first-order valence-electron chi connectivity index (χ1n) is 7.20. The maximum Gasteiger partial charge on any atom is 0.177 e. The van der Waals surface area contributed by atoms with Crippen molar-refractivity contribution in [2.24, 2.45) is 5.41 Å². The normalized spacial score (nSPS) is 20.1. The van der Waals surface area contributed by atoms with Crippen LogP contribution < -0.4 is 0 Å². The zero-order chi connectivity index (χ0) is 19.6. The Labute approximate surface area is 143 Å². The molecule has 0 aliphatic rings. The largest absolute Gasteiger partial charge is 0.377 e. The van der Waals surface area contributed by atoms with Gasteiger partial charge in [0.15, 0.2) is 45.8 Å². The number of aliphatic hydroxyl groups excluding tert-OH is 3. The van der Waals surface area contributed by atoms with Crippen LogP contribution in [0.2, 0.25) is 0 Å². The van der Waals surface area contributed by atoms with Crippen molar-refractivity contribution in [3.8, 4) is 0 Å². The summed E-state index contributed by atoms with van der Waals surface area (Å²) in [6.07, 6.45) is -0.170. The lowest BCUT2D eigenvalue weighted by molar-refractivity contribution is 0.255. The van der Waals surface area contributed by atoms with E-state index in [2.05, 4.69) is 0 Å². The minimum Gasteiger partial charge on any atom is -0.377 e. The molecule has 0 aliphatic heterocycles. The molecule has 3 unspecified atom stereocenters. The minimum absolute atomic E-state index is 0.170. The topological polar surface area (TPSA) is 163 Å². The fourth-order valence-corrected chi connectivity index (χ4v) is 6.97. The van der Waals surface area contributed by atoms with Gasteiger partial charge in [0.05, 0.1) is 17.3 Å². The van der Waals surface area contributed by atoms with Crippen LogP contribution >= 0.6 is 0 Å². The maximum atomic E-state index is 12.1. The van der Waals surface area contributed by atoms with Gasteiger partial charge in [-0.25, -0.2) is 25.3 Å². The molecule has 0 bridgehead atoms. The van der Waals surface area contributed by atoms with Crippen LogP contribution in [0, 0.1) is 5.41 Å². The van der Waals surface area contributed by atoms with E-state index in [-0.39, 0.29) is 6.42 Å². The molecule has 0 aromatic heterocycles. The first-order chi connectivity index (χ1) is 10.5. The van der Waals surface area contributed by atoms with E-state index in [1.54, 1.807) is 0 Å². The van der Waals surface area contributed by atoms with Crippen molar-refractivity contribution in [1.82, 2.24) is 0 Å². The second kappa shape index (κ2) is 7.96. The average molecular weight is 411 g/mol. The number of aliphatic hydroxyl groups is 3. The Bertz CT molecular complexity index is 618. The molecule has 12 heteroatoms. The minimum atomic E-state index is -4.20. The molecule has 0 heterocycles. The Morgan fingerprint density at radius 2 is 0.875 bits per heavy atom. The van der Waals surface area contributed by atoms with Gasteiger partial charge in [-0.05, 0) is 27.2 Å². The number of rotatable bonds is 10. The van der Waals surface area contributed by atoms with Gasteiger partial charge in [-0.3, -0.25) is 0 Å². The van der Waals surface area contributed by atoms with Crippen molar-refractivity contribution >= 4 is 29.5 Å². The van der Waals surface area contributed by atoms with Crippen LogP contribution in [-0.2, 0) is 29.5 Å². The summed E-state index contributed by atoms with van der Waals surface area (Å²) in [5.74, 6) is -2.73. The molecule has 0 radical (unpaired) electrons. The van der Waals surface area contributed by atoms with Gasteiger partial charge < -0.3 is 15.3 Å². The van der Waals surface area contributed by atoms with Crippen LogP contribution in [0.4, 0.5) is 0 Å². The standard InChI is InChI=1S/C12H26O9S3/c1-5-12(6-22(16,17)9(2)13,7-23(18,19)10(3)14)8-24(20,21)11(4)15/h9-11,13-15H,5-8H2,1-4H3. The molecule has 0 spiro atoms. The summed E-state index contributed by atoms with van der Waals surface area (Å²) < 4.78 is 72.3. The highest BCUT2D eigenvalue weighted by atomic mass is 32.2. The van der Waals surface area contributed by atoms with Crippen LogP contribution in [0.15, 0.2) is 0 Å². The summed E-state index contributed by atoms with van der Waals surface area (Å²) in [7, 11) is -12.6. The third kappa shape index (κ3) is 6.23. The molecule has 0 saturated carbocycles. The van der Waals surface area contributed by atoms with Crippen LogP contribution in [-0.4, -0.2) is 74.1 Å². The number of hydrogen-bond donors (Lipinski definition) is 3. The second-order valence-electron chi connectivity index (χ2n) is 6.07. The Morgan fingerprint density at radius 3 is 1.00 bits per heavy atom. The summed E-state index contributed by atoms with van der Waals surface area (Å²) in [6.45, 7) is 4.33. The molecule has 3 N–H and O–H groups in total. The van der Waals surface area contributed by atoms with Gasteiger partial charge in [-0.2, -0.15) is 0 Å². The van der Waals surface area contributed by atoms with Crippen LogP contribution in [0.25, 0.3) is 0 Å². The van der Waals surface area contributed by atoms with Crippen molar-refractivity contribution in [2.75, 3.05) is 17.3 Å². The molecule has 24 heavy (non-hydrogen) atoms. The molecule has 0 fully saturated rings. The zero-order valence-corrected chi connectivity index (χ0v) is 16.5. The van der Waals surface area contributed by atoms with Crippen molar-refractivity contribution in [1.29, 1.82) is 0 Å². The van der Waals surface area contributed by atoms with Crippen molar-refractivity contribution in [3.63, 3.8) is 0 Å². The van der Waals surface area contributed by atoms with Gasteiger partial charge in [0.25, 0.3) is 0 Å². The molecule has 146 valence electrons. The van der Waals surface area contributed by atoms with Gasteiger partial charge in [-0.15, -0.1) is 0 Å². The van der Waals surface area contributed by atoms with E-state index in [1.165, 1.54) is 6.92 Å². The monoisotopic (exact) mass is 410 g/mol. The summed E-state index contributed by atoms with van der Waals surface area (Å²) in [5.41, 5.74) is -7.24. The fraction of sp³-hybridized carbons (Fsp3) is 1.00. The summed E-state index contributed by atoms with van der Waals surface area (Å²) in [6, 6.07) is 0. The molecule has 0 aromatic rings. The quantitative estimate of drug-likeness (QED) is 0.395. The van der Waals surface area contributed by atoms with Gasteiger partial charge in [0.1, 0.15) is 0 Å².